The molecule has 0 saturated heterocycles. The van der Waals surface area contributed by atoms with Gasteiger partial charge in [0.1, 0.15) is 0 Å². The van der Waals surface area contributed by atoms with Gasteiger partial charge in [0.05, 0.1) is 0 Å². The Bertz CT molecular complexity index is 424. The minimum atomic E-state index is 0.0120. The molecule has 0 unspecified atom stereocenters. The quantitative estimate of drug-likeness (QED) is 0.575. The minimum Gasteiger partial charge on any atom is -0.370 e. The molecule has 3 nitrogen and oxygen atoms in total. The molecule has 0 saturated carbocycles. The van der Waals surface area contributed by atoms with Crippen LogP contribution in [0.25, 0.3) is 0 Å². The zero-order valence-electron chi connectivity index (χ0n) is 12.8. The Kier molecular flexibility index (Phi) is 4.61. The fourth-order valence-electron chi connectivity index (χ4n) is 1.75. The van der Waals surface area contributed by atoms with Crippen LogP contribution in [0.15, 0.2) is 24.3 Å². The van der Waals surface area contributed by atoms with Gasteiger partial charge in [-0.15, -0.1) is 0 Å². The Morgan fingerprint density at radius 1 is 1.05 bits per heavy atom. The first-order chi connectivity index (χ1) is 8.62. The van der Waals surface area contributed by atoms with E-state index >= 15 is 0 Å². The highest BCUT2D eigenvalue weighted by Gasteiger charge is 2.32. The van der Waals surface area contributed by atoms with Gasteiger partial charge in [-0.3, -0.25) is 5.41 Å². The average Bonchev–Trinajstić information content (AvgIpc) is 2.26. The highest BCUT2D eigenvalue weighted by atomic mass is 15.0. The standard InChI is InChI=1S/C16H27N3/c1-15(2,3)16(4,5)10-12-6-8-13(9-7-12)11-19-14(17)18/h6-9H,10-11H2,1-5H3,(H4,17,18,19). The van der Waals surface area contributed by atoms with Crippen molar-refractivity contribution in [2.45, 2.75) is 47.6 Å². The van der Waals surface area contributed by atoms with Gasteiger partial charge < -0.3 is 11.1 Å². The average molecular weight is 261 g/mol. The van der Waals surface area contributed by atoms with Crippen molar-refractivity contribution in [3.05, 3.63) is 35.4 Å². The molecule has 19 heavy (non-hydrogen) atoms. The number of hydrogen-bond acceptors (Lipinski definition) is 1. The maximum Gasteiger partial charge on any atom is 0.185 e. The van der Waals surface area contributed by atoms with Crippen LogP contribution in [0, 0.1) is 16.2 Å². The number of rotatable bonds is 4. The molecule has 0 atom stereocenters. The third-order valence-corrected chi connectivity index (χ3v) is 4.18. The summed E-state index contributed by atoms with van der Waals surface area (Å²) in [5.41, 5.74) is 8.31. The molecular weight excluding hydrogens is 234 g/mol. The van der Waals surface area contributed by atoms with E-state index in [9.17, 15) is 0 Å². The lowest BCUT2D eigenvalue weighted by Gasteiger charge is -2.39. The summed E-state index contributed by atoms with van der Waals surface area (Å²) in [4.78, 5) is 0. The molecule has 1 aromatic rings. The van der Waals surface area contributed by atoms with Crippen LogP contribution in [-0.2, 0) is 13.0 Å². The first-order valence-electron chi connectivity index (χ1n) is 6.77. The number of nitrogens with one attached hydrogen (secondary N) is 2. The molecule has 0 spiro atoms. The Balaban J connectivity index is 2.69. The molecular formula is C16H27N3. The molecule has 4 N–H and O–H groups in total. The van der Waals surface area contributed by atoms with Gasteiger partial charge in [0.2, 0.25) is 0 Å². The third-order valence-electron chi connectivity index (χ3n) is 4.18. The van der Waals surface area contributed by atoms with Crippen LogP contribution < -0.4 is 11.1 Å². The highest BCUT2D eigenvalue weighted by Crippen LogP contribution is 2.40. The molecule has 1 aromatic carbocycles. The van der Waals surface area contributed by atoms with Crippen LogP contribution in [0.1, 0.15) is 45.7 Å². The number of guanidine groups is 1. The second-order valence-electron chi connectivity index (χ2n) is 6.89. The Labute approximate surface area is 117 Å². The van der Waals surface area contributed by atoms with Crippen molar-refractivity contribution in [1.82, 2.24) is 5.32 Å². The maximum atomic E-state index is 7.14. The van der Waals surface area contributed by atoms with Gasteiger partial charge in [-0.25, -0.2) is 0 Å². The molecule has 0 bridgehead atoms. The van der Waals surface area contributed by atoms with Crippen molar-refractivity contribution in [3.8, 4) is 0 Å². The minimum absolute atomic E-state index is 0.0120. The summed E-state index contributed by atoms with van der Waals surface area (Å²) in [7, 11) is 0. The summed E-state index contributed by atoms with van der Waals surface area (Å²) in [6.07, 6.45) is 1.07. The van der Waals surface area contributed by atoms with Crippen LogP contribution in [0.2, 0.25) is 0 Å². The summed E-state index contributed by atoms with van der Waals surface area (Å²) in [6.45, 7) is 12.1. The second kappa shape index (κ2) is 5.64. The summed E-state index contributed by atoms with van der Waals surface area (Å²) >= 11 is 0. The van der Waals surface area contributed by atoms with Gasteiger partial charge in [-0.05, 0) is 28.4 Å². The van der Waals surface area contributed by atoms with E-state index in [2.05, 4.69) is 64.2 Å². The van der Waals surface area contributed by atoms with Gasteiger partial charge in [-0.2, -0.15) is 0 Å². The molecule has 0 aliphatic heterocycles. The predicted molar refractivity (Wildman–Crippen MR) is 82.1 cm³/mol. The van der Waals surface area contributed by atoms with Gasteiger partial charge in [0.25, 0.3) is 0 Å². The molecule has 0 heterocycles. The first kappa shape index (κ1) is 15.5. The summed E-state index contributed by atoms with van der Waals surface area (Å²) in [5.74, 6) is 0.0120. The topological polar surface area (TPSA) is 61.9 Å². The van der Waals surface area contributed by atoms with Crippen LogP contribution >= 0.6 is 0 Å². The molecule has 0 aliphatic carbocycles. The largest absolute Gasteiger partial charge is 0.370 e. The molecule has 1 rings (SSSR count). The maximum absolute atomic E-state index is 7.14. The normalized spacial score (nSPS) is 12.3. The molecule has 0 aromatic heterocycles. The summed E-state index contributed by atoms with van der Waals surface area (Å²) < 4.78 is 0. The molecule has 0 fully saturated rings. The lowest BCUT2D eigenvalue weighted by molar-refractivity contribution is 0.132. The lowest BCUT2D eigenvalue weighted by Crippen LogP contribution is -2.31. The van der Waals surface area contributed by atoms with Gasteiger partial charge in [0.15, 0.2) is 5.96 Å². The Hall–Kier alpha value is -1.51. The first-order valence-corrected chi connectivity index (χ1v) is 6.77. The van der Waals surface area contributed by atoms with E-state index in [4.69, 9.17) is 11.1 Å². The SMILES string of the molecule is CC(C)(C)C(C)(C)Cc1ccc(CNC(=N)N)cc1. The van der Waals surface area contributed by atoms with Gasteiger partial charge in [-0.1, -0.05) is 58.9 Å². The van der Waals surface area contributed by atoms with Crippen LogP contribution in [0.5, 0.6) is 0 Å². The predicted octanol–water partition coefficient (Wildman–Crippen LogP) is 3.28. The number of nitrogens with two attached hydrogens (primary N) is 1. The van der Waals surface area contributed by atoms with Crippen molar-refractivity contribution >= 4 is 5.96 Å². The fourth-order valence-corrected chi connectivity index (χ4v) is 1.75. The number of benzene rings is 1. The van der Waals surface area contributed by atoms with Crippen molar-refractivity contribution in [3.63, 3.8) is 0 Å². The summed E-state index contributed by atoms with van der Waals surface area (Å²) in [5, 5.41) is 9.95. The van der Waals surface area contributed by atoms with E-state index in [0.29, 0.717) is 6.54 Å². The van der Waals surface area contributed by atoms with E-state index in [1.54, 1.807) is 0 Å². The fraction of sp³-hybridized carbons (Fsp3) is 0.562. The van der Waals surface area contributed by atoms with Crippen molar-refractivity contribution in [1.29, 1.82) is 5.41 Å². The zero-order chi connectivity index (χ0) is 14.7. The number of hydrogen-bond donors (Lipinski definition) is 3. The van der Waals surface area contributed by atoms with E-state index < -0.39 is 0 Å². The van der Waals surface area contributed by atoms with Crippen LogP contribution in [-0.4, -0.2) is 5.96 Å². The van der Waals surface area contributed by atoms with E-state index in [1.165, 1.54) is 5.56 Å². The Morgan fingerprint density at radius 2 is 1.53 bits per heavy atom. The van der Waals surface area contributed by atoms with Crippen LogP contribution in [0.4, 0.5) is 0 Å². The van der Waals surface area contributed by atoms with E-state index in [-0.39, 0.29) is 16.8 Å². The van der Waals surface area contributed by atoms with Crippen molar-refractivity contribution in [2.75, 3.05) is 0 Å². The molecule has 106 valence electrons. The zero-order valence-corrected chi connectivity index (χ0v) is 12.8. The smallest absolute Gasteiger partial charge is 0.185 e. The highest BCUT2D eigenvalue weighted by molar-refractivity contribution is 5.74. The van der Waals surface area contributed by atoms with Gasteiger partial charge >= 0.3 is 0 Å². The van der Waals surface area contributed by atoms with E-state index in [1.807, 2.05) is 0 Å². The summed E-state index contributed by atoms with van der Waals surface area (Å²) in [6, 6.07) is 8.54. The van der Waals surface area contributed by atoms with Gasteiger partial charge in [0, 0.05) is 6.54 Å². The van der Waals surface area contributed by atoms with Crippen molar-refractivity contribution in [2.24, 2.45) is 16.6 Å². The van der Waals surface area contributed by atoms with E-state index in [0.717, 1.165) is 12.0 Å². The molecule has 0 aliphatic rings. The van der Waals surface area contributed by atoms with Crippen molar-refractivity contribution < 1.29 is 0 Å². The molecule has 3 heteroatoms. The lowest BCUT2D eigenvalue weighted by atomic mass is 9.66. The Morgan fingerprint density at radius 3 is 1.95 bits per heavy atom. The monoisotopic (exact) mass is 261 g/mol. The molecule has 0 radical (unpaired) electrons. The second-order valence-corrected chi connectivity index (χ2v) is 6.89. The third kappa shape index (κ3) is 4.58. The molecule has 0 amide bonds. The van der Waals surface area contributed by atoms with Crippen LogP contribution in [0.3, 0.4) is 0 Å².